The first-order chi connectivity index (χ1) is 13.0. The van der Waals surface area contributed by atoms with Crippen LogP contribution in [0.4, 0.5) is 5.69 Å². The number of methoxy groups -OCH3 is 4. The molecule has 0 radical (unpaired) electrons. The molecule has 1 amide bonds. The van der Waals surface area contributed by atoms with Gasteiger partial charge in [0.1, 0.15) is 5.37 Å². The van der Waals surface area contributed by atoms with E-state index in [0.29, 0.717) is 34.4 Å². The van der Waals surface area contributed by atoms with E-state index in [1.54, 1.807) is 29.2 Å². The normalized spacial score (nSPS) is 16.4. The summed E-state index contributed by atoms with van der Waals surface area (Å²) < 4.78 is 21.2. The Balaban J connectivity index is 2.06. The Labute approximate surface area is 161 Å². The number of anilines is 1. The van der Waals surface area contributed by atoms with E-state index in [1.165, 1.54) is 40.2 Å². The van der Waals surface area contributed by atoms with Crippen LogP contribution in [0.3, 0.4) is 0 Å². The smallest absolute Gasteiger partial charge is 0.238 e. The fourth-order valence-electron chi connectivity index (χ4n) is 3.02. The van der Waals surface area contributed by atoms with Crippen molar-refractivity contribution in [1.82, 2.24) is 0 Å². The van der Waals surface area contributed by atoms with E-state index in [4.69, 9.17) is 18.9 Å². The standard InChI is InChI=1S/C19H21NO6S/c1-23-14-6-5-11(7-13(14)21)19-20(17(22)10-27-19)12-8-15(24-2)18(26-4)16(9-12)25-3/h5-9,19,21H,10H2,1-4H3. The number of benzene rings is 2. The molecule has 1 atom stereocenters. The zero-order valence-corrected chi connectivity index (χ0v) is 16.3. The second kappa shape index (κ2) is 7.87. The zero-order valence-electron chi connectivity index (χ0n) is 15.5. The third-order valence-corrected chi connectivity index (χ3v) is 5.50. The Morgan fingerprint density at radius 2 is 1.59 bits per heavy atom. The van der Waals surface area contributed by atoms with Crippen molar-refractivity contribution in [3.63, 3.8) is 0 Å². The van der Waals surface area contributed by atoms with Crippen LogP contribution in [0, 0.1) is 0 Å². The maximum Gasteiger partial charge on any atom is 0.238 e. The molecular weight excluding hydrogens is 370 g/mol. The number of phenols is 1. The van der Waals surface area contributed by atoms with Gasteiger partial charge in [0.05, 0.1) is 39.9 Å². The van der Waals surface area contributed by atoms with Crippen LogP contribution in [0.25, 0.3) is 0 Å². The maximum atomic E-state index is 12.6. The van der Waals surface area contributed by atoms with Crippen molar-refractivity contribution in [2.75, 3.05) is 39.1 Å². The van der Waals surface area contributed by atoms with Crippen molar-refractivity contribution >= 4 is 23.4 Å². The summed E-state index contributed by atoms with van der Waals surface area (Å²) in [6, 6.07) is 8.60. The van der Waals surface area contributed by atoms with Gasteiger partial charge in [-0.2, -0.15) is 0 Å². The number of thioether (sulfide) groups is 1. The average molecular weight is 391 g/mol. The summed E-state index contributed by atoms with van der Waals surface area (Å²) in [5, 5.41) is 9.82. The summed E-state index contributed by atoms with van der Waals surface area (Å²) in [5.74, 6) is 2.08. The predicted octanol–water partition coefficient (Wildman–Crippen LogP) is 3.21. The Morgan fingerprint density at radius 1 is 0.963 bits per heavy atom. The van der Waals surface area contributed by atoms with Gasteiger partial charge >= 0.3 is 0 Å². The third kappa shape index (κ3) is 3.44. The van der Waals surface area contributed by atoms with Gasteiger partial charge in [-0.1, -0.05) is 6.07 Å². The van der Waals surface area contributed by atoms with E-state index in [9.17, 15) is 9.90 Å². The second-order valence-corrected chi connectivity index (χ2v) is 6.81. The highest BCUT2D eigenvalue weighted by molar-refractivity contribution is 8.00. The molecule has 1 aliphatic heterocycles. The Bertz CT molecular complexity index is 831. The lowest BCUT2D eigenvalue weighted by molar-refractivity contribution is -0.115. The monoisotopic (exact) mass is 391 g/mol. The van der Waals surface area contributed by atoms with E-state index in [0.717, 1.165) is 5.56 Å². The lowest BCUT2D eigenvalue weighted by Crippen LogP contribution is -2.27. The quantitative estimate of drug-likeness (QED) is 0.810. The molecule has 2 aromatic carbocycles. The van der Waals surface area contributed by atoms with Gasteiger partial charge in [0, 0.05) is 12.1 Å². The molecule has 27 heavy (non-hydrogen) atoms. The second-order valence-electron chi connectivity index (χ2n) is 5.74. The number of hydrogen-bond donors (Lipinski definition) is 1. The maximum absolute atomic E-state index is 12.6. The first-order valence-corrected chi connectivity index (χ1v) is 9.19. The van der Waals surface area contributed by atoms with Crippen LogP contribution in [0.1, 0.15) is 10.9 Å². The lowest BCUT2D eigenvalue weighted by atomic mass is 10.1. The first-order valence-electron chi connectivity index (χ1n) is 8.14. The van der Waals surface area contributed by atoms with Crippen molar-refractivity contribution in [3.05, 3.63) is 35.9 Å². The van der Waals surface area contributed by atoms with Crippen LogP contribution in [-0.4, -0.2) is 45.2 Å². The number of hydrogen-bond acceptors (Lipinski definition) is 7. The molecule has 1 N–H and O–H groups in total. The highest BCUT2D eigenvalue weighted by atomic mass is 32.2. The number of aromatic hydroxyl groups is 1. The minimum Gasteiger partial charge on any atom is -0.504 e. The molecule has 0 bridgehead atoms. The number of carbonyl (C=O) groups is 1. The lowest BCUT2D eigenvalue weighted by Gasteiger charge is -2.26. The number of carbonyl (C=O) groups excluding carboxylic acids is 1. The van der Waals surface area contributed by atoms with Crippen molar-refractivity contribution in [2.45, 2.75) is 5.37 Å². The number of rotatable bonds is 6. The summed E-state index contributed by atoms with van der Waals surface area (Å²) >= 11 is 1.48. The number of phenolic OH excluding ortho intramolecular Hbond substituents is 1. The molecule has 0 aliphatic carbocycles. The minimum absolute atomic E-state index is 0.0276. The van der Waals surface area contributed by atoms with Gasteiger partial charge in [-0.3, -0.25) is 9.69 Å². The fourth-order valence-corrected chi connectivity index (χ4v) is 4.18. The van der Waals surface area contributed by atoms with Gasteiger partial charge in [-0.25, -0.2) is 0 Å². The van der Waals surface area contributed by atoms with Gasteiger partial charge in [0.15, 0.2) is 23.0 Å². The predicted molar refractivity (Wildman–Crippen MR) is 103 cm³/mol. The molecule has 1 saturated heterocycles. The van der Waals surface area contributed by atoms with Crippen LogP contribution in [-0.2, 0) is 4.79 Å². The van der Waals surface area contributed by atoms with Crippen molar-refractivity contribution in [3.8, 4) is 28.7 Å². The van der Waals surface area contributed by atoms with E-state index in [1.807, 2.05) is 6.07 Å². The van der Waals surface area contributed by atoms with Gasteiger partial charge in [-0.15, -0.1) is 11.8 Å². The van der Waals surface area contributed by atoms with Crippen LogP contribution >= 0.6 is 11.8 Å². The molecule has 3 rings (SSSR count). The molecule has 1 fully saturated rings. The van der Waals surface area contributed by atoms with Crippen molar-refractivity contribution < 1.29 is 28.8 Å². The van der Waals surface area contributed by atoms with Gasteiger partial charge in [0.25, 0.3) is 0 Å². The first kappa shape index (κ1) is 19.0. The Hall–Kier alpha value is -2.74. The molecule has 2 aromatic rings. The molecule has 1 heterocycles. The summed E-state index contributed by atoms with van der Waals surface area (Å²) in [6.07, 6.45) is 0. The van der Waals surface area contributed by atoms with Crippen LogP contribution in [0.2, 0.25) is 0 Å². The minimum atomic E-state index is -0.294. The van der Waals surface area contributed by atoms with Gasteiger partial charge in [-0.05, 0) is 17.7 Å². The van der Waals surface area contributed by atoms with Gasteiger partial charge in [0.2, 0.25) is 11.7 Å². The zero-order chi connectivity index (χ0) is 19.6. The van der Waals surface area contributed by atoms with Crippen LogP contribution < -0.4 is 23.8 Å². The van der Waals surface area contributed by atoms with E-state index < -0.39 is 0 Å². The van der Waals surface area contributed by atoms with E-state index >= 15 is 0 Å². The summed E-state index contributed by atoms with van der Waals surface area (Å²) in [7, 11) is 6.08. The topological polar surface area (TPSA) is 77.5 Å². The molecule has 0 saturated carbocycles. The fraction of sp³-hybridized carbons (Fsp3) is 0.316. The SMILES string of the molecule is COc1ccc(C2SCC(=O)N2c2cc(OC)c(OC)c(OC)c2)cc1O. The van der Waals surface area contributed by atoms with E-state index in [-0.39, 0.29) is 17.0 Å². The summed E-state index contributed by atoms with van der Waals surface area (Å²) in [4.78, 5) is 14.3. The molecule has 7 nitrogen and oxygen atoms in total. The van der Waals surface area contributed by atoms with Crippen LogP contribution in [0.5, 0.6) is 28.7 Å². The molecule has 0 spiro atoms. The summed E-state index contributed by atoms with van der Waals surface area (Å²) in [6.45, 7) is 0. The third-order valence-electron chi connectivity index (χ3n) is 4.28. The van der Waals surface area contributed by atoms with Crippen molar-refractivity contribution in [1.29, 1.82) is 0 Å². The Morgan fingerprint density at radius 3 is 2.11 bits per heavy atom. The molecule has 0 aromatic heterocycles. The number of amides is 1. The van der Waals surface area contributed by atoms with Crippen molar-refractivity contribution in [2.24, 2.45) is 0 Å². The Kier molecular flexibility index (Phi) is 5.55. The average Bonchev–Trinajstić information content (AvgIpc) is 3.08. The molecule has 8 heteroatoms. The molecule has 1 unspecified atom stereocenters. The van der Waals surface area contributed by atoms with Crippen LogP contribution in [0.15, 0.2) is 30.3 Å². The summed E-state index contributed by atoms with van der Waals surface area (Å²) in [5.41, 5.74) is 1.41. The van der Waals surface area contributed by atoms with Gasteiger partial charge < -0.3 is 24.1 Å². The largest absolute Gasteiger partial charge is 0.504 e. The molecule has 1 aliphatic rings. The van der Waals surface area contributed by atoms with E-state index in [2.05, 4.69) is 0 Å². The number of nitrogens with zero attached hydrogens (tertiary/aromatic N) is 1. The molecule has 144 valence electrons. The highest BCUT2D eigenvalue weighted by Crippen LogP contribution is 2.47. The molecular formula is C19H21NO6S. The highest BCUT2D eigenvalue weighted by Gasteiger charge is 2.35. The number of ether oxygens (including phenoxy) is 4.